The normalized spacial score (nSPS) is 19.7. The van der Waals surface area contributed by atoms with E-state index in [0.29, 0.717) is 17.3 Å². The van der Waals surface area contributed by atoms with Crippen LogP contribution in [0.25, 0.3) is 0 Å². The first-order chi connectivity index (χ1) is 8.58. The Morgan fingerprint density at radius 1 is 1.44 bits per heavy atom. The van der Waals surface area contributed by atoms with Crippen molar-refractivity contribution in [2.24, 2.45) is 5.92 Å². The van der Waals surface area contributed by atoms with E-state index in [1.54, 1.807) is 6.92 Å². The van der Waals surface area contributed by atoms with Crippen molar-refractivity contribution >= 4 is 5.91 Å². The van der Waals surface area contributed by atoms with Gasteiger partial charge in [0.05, 0.1) is 5.69 Å². The quantitative estimate of drug-likeness (QED) is 0.824. The van der Waals surface area contributed by atoms with Crippen LogP contribution < -0.4 is 5.32 Å². The molecule has 0 saturated carbocycles. The van der Waals surface area contributed by atoms with Crippen LogP contribution in [0.5, 0.6) is 0 Å². The number of nitrogens with zero attached hydrogens (tertiary/aromatic N) is 3. The van der Waals surface area contributed by atoms with Gasteiger partial charge in [-0.15, -0.1) is 0 Å². The molecule has 100 valence electrons. The first-order valence-electron chi connectivity index (χ1n) is 6.44. The number of hydrogen-bond acceptors (Lipinski definition) is 4. The fraction of sp³-hybridized carbons (Fsp3) is 0.750. The molecule has 0 unspecified atom stereocenters. The molecule has 2 N–H and O–H groups in total. The maximum atomic E-state index is 12.0. The van der Waals surface area contributed by atoms with Gasteiger partial charge in [0.2, 0.25) is 0 Å². The average Bonchev–Trinajstić information content (AvgIpc) is 2.76. The minimum atomic E-state index is -0.132. The molecular weight excluding hydrogens is 230 g/mol. The number of nitrogens with one attached hydrogen (secondary N) is 2. The molecule has 18 heavy (non-hydrogen) atoms. The predicted molar refractivity (Wildman–Crippen MR) is 68.3 cm³/mol. The van der Waals surface area contributed by atoms with Crippen LogP contribution in [0.1, 0.15) is 35.9 Å². The standard InChI is InChI=1S/C12H21N5O/c1-8(10-4-6-17(3)7-5-10)13-12(18)11-9(2)14-16-15-11/h8,10H,4-7H2,1-3H3,(H,13,18)(H,14,15,16)/t8-/m1/s1. The first kappa shape index (κ1) is 13.0. The van der Waals surface area contributed by atoms with Crippen molar-refractivity contribution in [2.45, 2.75) is 32.7 Å². The van der Waals surface area contributed by atoms with E-state index in [1.165, 1.54) is 0 Å². The summed E-state index contributed by atoms with van der Waals surface area (Å²) in [6.45, 7) is 6.06. The van der Waals surface area contributed by atoms with Gasteiger partial charge in [-0.1, -0.05) is 0 Å². The van der Waals surface area contributed by atoms with Gasteiger partial charge < -0.3 is 10.2 Å². The summed E-state index contributed by atoms with van der Waals surface area (Å²) in [4.78, 5) is 14.3. The zero-order chi connectivity index (χ0) is 13.1. The molecule has 6 heteroatoms. The number of aryl methyl sites for hydroxylation is 1. The van der Waals surface area contributed by atoms with Crippen molar-refractivity contribution in [3.05, 3.63) is 11.4 Å². The second-order valence-electron chi connectivity index (χ2n) is 5.16. The number of carbonyl (C=O) groups is 1. The Labute approximate surface area is 107 Å². The van der Waals surface area contributed by atoms with Crippen molar-refractivity contribution < 1.29 is 4.79 Å². The van der Waals surface area contributed by atoms with Gasteiger partial charge in [-0.25, -0.2) is 0 Å². The predicted octanol–water partition coefficient (Wildman–Crippen LogP) is 0.573. The Morgan fingerprint density at radius 3 is 2.67 bits per heavy atom. The molecule has 1 atom stereocenters. The number of amides is 1. The molecule has 1 aliphatic rings. The highest BCUT2D eigenvalue weighted by atomic mass is 16.2. The van der Waals surface area contributed by atoms with Crippen LogP contribution in [-0.4, -0.2) is 52.4 Å². The summed E-state index contributed by atoms with van der Waals surface area (Å²) >= 11 is 0. The Bertz CT molecular complexity index is 408. The summed E-state index contributed by atoms with van der Waals surface area (Å²) in [7, 11) is 2.14. The molecular formula is C12H21N5O. The lowest BCUT2D eigenvalue weighted by atomic mass is 9.90. The van der Waals surface area contributed by atoms with E-state index < -0.39 is 0 Å². The van der Waals surface area contributed by atoms with Crippen molar-refractivity contribution in [1.82, 2.24) is 25.6 Å². The summed E-state index contributed by atoms with van der Waals surface area (Å²) in [6, 6.07) is 0.183. The van der Waals surface area contributed by atoms with Crippen LogP contribution >= 0.6 is 0 Å². The van der Waals surface area contributed by atoms with Gasteiger partial charge in [0, 0.05) is 6.04 Å². The largest absolute Gasteiger partial charge is 0.348 e. The molecule has 0 aromatic carbocycles. The van der Waals surface area contributed by atoms with Crippen LogP contribution in [0.4, 0.5) is 0 Å². The van der Waals surface area contributed by atoms with Crippen molar-refractivity contribution in [3.63, 3.8) is 0 Å². The van der Waals surface area contributed by atoms with Crippen LogP contribution in [0, 0.1) is 12.8 Å². The number of piperidine rings is 1. The van der Waals surface area contributed by atoms with E-state index in [0.717, 1.165) is 25.9 Å². The Morgan fingerprint density at radius 2 is 2.11 bits per heavy atom. The first-order valence-corrected chi connectivity index (χ1v) is 6.44. The van der Waals surface area contributed by atoms with Crippen LogP contribution in [0.15, 0.2) is 0 Å². The summed E-state index contributed by atoms with van der Waals surface area (Å²) in [5, 5.41) is 13.2. The second-order valence-corrected chi connectivity index (χ2v) is 5.16. The summed E-state index contributed by atoms with van der Waals surface area (Å²) < 4.78 is 0. The van der Waals surface area contributed by atoms with Crippen LogP contribution in [0.3, 0.4) is 0 Å². The summed E-state index contributed by atoms with van der Waals surface area (Å²) in [5.74, 6) is 0.421. The van der Waals surface area contributed by atoms with Crippen molar-refractivity contribution in [1.29, 1.82) is 0 Å². The molecule has 1 amide bonds. The van der Waals surface area contributed by atoms with E-state index in [2.05, 4.69) is 39.6 Å². The molecule has 6 nitrogen and oxygen atoms in total. The lowest BCUT2D eigenvalue weighted by Crippen LogP contribution is -2.43. The zero-order valence-electron chi connectivity index (χ0n) is 11.2. The maximum Gasteiger partial charge on any atom is 0.273 e. The molecule has 0 spiro atoms. The maximum absolute atomic E-state index is 12.0. The smallest absolute Gasteiger partial charge is 0.273 e. The van der Waals surface area contributed by atoms with Crippen LogP contribution in [-0.2, 0) is 0 Å². The van der Waals surface area contributed by atoms with E-state index in [1.807, 2.05) is 0 Å². The van der Waals surface area contributed by atoms with Gasteiger partial charge in [0.1, 0.15) is 0 Å². The van der Waals surface area contributed by atoms with Crippen molar-refractivity contribution in [2.75, 3.05) is 20.1 Å². The number of aromatic amines is 1. The van der Waals surface area contributed by atoms with E-state index in [-0.39, 0.29) is 11.9 Å². The average molecular weight is 251 g/mol. The highest BCUT2D eigenvalue weighted by molar-refractivity contribution is 5.93. The third-order valence-electron chi connectivity index (χ3n) is 3.77. The highest BCUT2D eigenvalue weighted by Gasteiger charge is 2.24. The summed E-state index contributed by atoms with van der Waals surface area (Å²) in [5.41, 5.74) is 1.04. The van der Waals surface area contributed by atoms with Gasteiger partial charge in [0.25, 0.3) is 5.91 Å². The minimum Gasteiger partial charge on any atom is -0.348 e. The van der Waals surface area contributed by atoms with Gasteiger partial charge in [-0.3, -0.25) is 4.79 Å². The van der Waals surface area contributed by atoms with E-state index in [4.69, 9.17) is 0 Å². The molecule has 2 rings (SSSR count). The zero-order valence-corrected chi connectivity index (χ0v) is 11.2. The number of carbonyl (C=O) groups excluding carboxylic acids is 1. The third kappa shape index (κ3) is 2.87. The lowest BCUT2D eigenvalue weighted by Gasteiger charge is -2.32. The molecule has 0 radical (unpaired) electrons. The molecule has 1 fully saturated rings. The van der Waals surface area contributed by atoms with Gasteiger partial charge in [-0.2, -0.15) is 15.4 Å². The number of rotatable bonds is 3. The van der Waals surface area contributed by atoms with Gasteiger partial charge in [-0.05, 0) is 52.7 Å². The fourth-order valence-electron chi connectivity index (χ4n) is 2.42. The topological polar surface area (TPSA) is 73.9 Å². The Hall–Kier alpha value is -1.43. The molecule has 1 aromatic heterocycles. The number of hydrogen-bond donors (Lipinski definition) is 2. The van der Waals surface area contributed by atoms with E-state index in [9.17, 15) is 4.79 Å². The molecule has 1 aliphatic heterocycles. The SMILES string of the molecule is Cc1n[nH]nc1C(=O)N[C@H](C)C1CCN(C)CC1. The monoisotopic (exact) mass is 251 g/mol. The highest BCUT2D eigenvalue weighted by Crippen LogP contribution is 2.19. The minimum absolute atomic E-state index is 0.132. The fourth-order valence-corrected chi connectivity index (χ4v) is 2.42. The van der Waals surface area contributed by atoms with Gasteiger partial charge in [0.15, 0.2) is 5.69 Å². The number of aromatic nitrogens is 3. The third-order valence-corrected chi connectivity index (χ3v) is 3.77. The number of H-pyrrole nitrogens is 1. The van der Waals surface area contributed by atoms with Gasteiger partial charge >= 0.3 is 0 Å². The molecule has 1 saturated heterocycles. The lowest BCUT2D eigenvalue weighted by molar-refractivity contribution is 0.0903. The Balaban J connectivity index is 1.89. The second kappa shape index (κ2) is 5.48. The summed E-state index contributed by atoms with van der Waals surface area (Å²) in [6.07, 6.45) is 2.27. The molecule has 0 aliphatic carbocycles. The molecule has 0 bridgehead atoms. The van der Waals surface area contributed by atoms with Crippen LogP contribution in [0.2, 0.25) is 0 Å². The molecule has 1 aromatic rings. The van der Waals surface area contributed by atoms with Crippen molar-refractivity contribution in [3.8, 4) is 0 Å². The Kier molecular flexibility index (Phi) is 3.96. The number of likely N-dealkylation sites (tertiary alicyclic amines) is 1. The molecule has 2 heterocycles. The van der Waals surface area contributed by atoms with E-state index >= 15 is 0 Å².